The van der Waals surface area contributed by atoms with E-state index in [1.54, 1.807) is 22.9 Å². The largest absolute Gasteiger partial charge is 0.300 e. The molecule has 162 valence electrons. The third-order valence-electron chi connectivity index (χ3n) is 6.05. The van der Waals surface area contributed by atoms with Crippen molar-refractivity contribution in [3.8, 4) is 28.7 Å². The fourth-order valence-electron chi connectivity index (χ4n) is 4.53. The van der Waals surface area contributed by atoms with Crippen LogP contribution in [0.4, 0.5) is 4.39 Å². The number of fused-ring (bicyclic) bond motifs is 2. The van der Waals surface area contributed by atoms with E-state index < -0.39 is 5.82 Å². The topological polar surface area (TPSA) is 59.4 Å². The van der Waals surface area contributed by atoms with Crippen molar-refractivity contribution in [2.75, 3.05) is 0 Å². The maximum Gasteiger partial charge on any atom is 0.166 e. The van der Waals surface area contributed by atoms with Crippen LogP contribution in [0.1, 0.15) is 11.3 Å². The van der Waals surface area contributed by atoms with Gasteiger partial charge in [0.05, 0.1) is 22.3 Å². The molecule has 6 heteroatoms. The van der Waals surface area contributed by atoms with Crippen LogP contribution in [0.25, 0.3) is 44.6 Å². The first-order valence-electron chi connectivity index (χ1n) is 10.9. The lowest BCUT2D eigenvalue weighted by molar-refractivity contribution is 0.631. The van der Waals surface area contributed by atoms with Crippen molar-refractivity contribution in [3.63, 3.8) is 0 Å². The second-order valence-corrected chi connectivity index (χ2v) is 8.05. The summed E-state index contributed by atoms with van der Waals surface area (Å²) in [5.74, 6) is 0.0354. The van der Waals surface area contributed by atoms with Gasteiger partial charge in [-0.25, -0.2) is 14.1 Å². The van der Waals surface area contributed by atoms with E-state index in [4.69, 9.17) is 10.1 Å². The summed E-state index contributed by atoms with van der Waals surface area (Å²) in [6, 6.07) is 28.4. The lowest BCUT2D eigenvalue weighted by Crippen LogP contribution is -2.06. The van der Waals surface area contributed by atoms with Crippen molar-refractivity contribution in [1.29, 1.82) is 5.26 Å². The van der Waals surface area contributed by atoms with Crippen LogP contribution in [-0.2, 0) is 0 Å². The Morgan fingerprint density at radius 3 is 2.41 bits per heavy atom. The molecule has 5 nitrogen and oxygen atoms in total. The second kappa shape index (κ2) is 7.68. The second-order valence-electron chi connectivity index (χ2n) is 8.05. The highest BCUT2D eigenvalue weighted by molar-refractivity contribution is 6.00. The number of aryl methyl sites for hydroxylation is 1. The van der Waals surface area contributed by atoms with Gasteiger partial charge in [0.25, 0.3) is 0 Å². The van der Waals surface area contributed by atoms with E-state index in [0.29, 0.717) is 39.2 Å². The summed E-state index contributed by atoms with van der Waals surface area (Å²) >= 11 is 0. The average molecular weight is 443 g/mol. The zero-order chi connectivity index (χ0) is 23.2. The summed E-state index contributed by atoms with van der Waals surface area (Å²) in [5.41, 5.74) is 4.12. The number of hydrogen-bond donors (Lipinski definition) is 0. The highest BCUT2D eigenvalue weighted by Crippen LogP contribution is 2.38. The molecule has 0 atom stereocenters. The fourth-order valence-corrected chi connectivity index (χ4v) is 4.53. The van der Waals surface area contributed by atoms with Gasteiger partial charge in [0.2, 0.25) is 0 Å². The van der Waals surface area contributed by atoms with E-state index in [9.17, 15) is 5.26 Å². The molecule has 6 rings (SSSR count). The monoisotopic (exact) mass is 443 g/mol. The zero-order valence-corrected chi connectivity index (χ0v) is 18.3. The summed E-state index contributed by atoms with van der Waals surface area (Å²) in [6.07, 6.45) is 1.89. The number of para-hydroxylation sites is 2. The fraction of sp³-hybridized carbons (Fsp3) is 0.0357. The van der Waals surface area contributed by atoms with Gasteiger partial charge in [-0.3, -0.25) is 0 Å². The van der Waals surface area contributed by atoms with Crippen molar-refractivity contribution < 1.29 is 4.39 Å². The molecule has 0 aliphatic rings. The van der Waals surface area contributed by atoms with E-state index in [2.05, 4.69) is 6.07 Å². The Morgan fingerprint density at radius 1 is 0.882 bits per heavy atom. The highest BCUT2D eigenvalue weighted by atomic mass is 19.1. The molecule has 0 aliphatic carbocycles. The number of rotatable bonds is 3. The molecule has 6 aromatic rings. The Kier molecular flexibility index (Phi) is 4.49. The third-order valence-corrected chi connectivity index (χ3v) is 6.05. The van der Waals surface area contributed by atoms with Crippen molar-refractivity contribution >= 4 is 21.9 Å². The van der Waals surface area contributed by atoms with Gasteiger partial charge >= 0.3 is 0 Å². The first-order valence-corrected chi connectivity index (χ1v) is 10.9. The van der Waals surface area contributed by atoms with Crippen LogP contribution in [0.2, 0.25) is 0 Å². The molecule has 0 aliphatic heterocycles. The molecule has 3 heterocycles. The average Bonchev–Trinajstić information content (AvgIpc) is 3.45. The minimum absolute atomic E-state index is 0.301. The van der Waals surface area contributed by atoms with Gasteiger partial charge < -0.3 is 4.57 Å². The van der Waals surface area contributed by atoms with Crippen LogP contribution in [0.15, 0.2) is 91.1 Å². The first kappa shape index (κ1) is 19.9. The number of nitriles is 1. The Bertz CT molecular complexity index is 1740. The van der Waals surface area contributed by atoms with E-state index >= 15 is 4.39 Å². The van der Waals surface area contributed by atoms with Crippen molar-refractivity contribution in [1.82, 2.24) is 19.3 Å². The lowest BCUT2D eigenvalue weighted by Gasteiger charge is -2.14. The van der Waals surface area contributed by atoms with Crippen LogP contribution in [0.3, 0.4) is 0 Å². The number of halogens is 1. The number of pyridine rings is 1. The molecule has 0 bridgehead atoms. The summed E-state index contributed by atoms with van der Waals surface area (Å²) < 4.78 is 18.8. The number of hydrogen-bond acceptors (Lipinski definition) is 3. The minimum atomic E-state index is -0.401. The third kappa shape index (κ3) is 2.91. The smallest absolute Gasteiger partial charge is 0.166 e. The lowest BCUT2D eigenvalue weighted by atomic mass is 9.96. The summed E-state index contributed by atoms with van der Waals surface area (Å²) in [4.78, 5) is 4.97. The van der Waals surface area contributed by atoms with Gasteiger partial charge in [0, 0.05) is 17.3 Å². The number of nitrogens with zero attached hydrogens (tertiary/aromatic N) is 5. The predicted octanol–water partition coefficient (Wildman–Crippen LogP) is 6.35. The molecule has 0 radical (unpaired) electrons. The van der Waals surface area contributed by atoms with E-state index in [1.165, 1.54) is 6.07 Å². The SMILES string of the molecule is Cc1nn(-c2ccccc2)c2nc(-n3ccc4ccccc43)c(C#N)c(-c3ccccc3F)c12. The molecular formula is C28H18FN5. The van der Waals surface area contributed by atoms with E-state index in [1.807, 2.05) is 78.4 Å². The number of benzene rings is 3. The molecule has 0 saturated carbocycles. The van der Waals surface area contributed by atoms with Crippen molar-refractivity contribution in [2.45, 2.75) is 6.92 Å². The van der Waals surface area contributed by atoms with E-state index in [0.717, 1.165) is 16.6 Å². The van der Waals surface area contributed by atoms with Gasteiger partial charge in [0.15, 0.2) is 11.5 Å². The van der Waals surface area contributed by atoms with Crippen molar-refractivity contribution in [3.05, 3.63) is 108 Å². The molecule has 3 aromatic carbocycles. The summed E-state index contributed by atoms with van der Waals surface area (Å²) in [7, 11) is 0. The Hall–Kier alpha value is -4.76. The molecule has 0 fully saturated rings. The standard InChI is InChI=1S/C28H18FN5/c1-18-25-26(21-12-6-7-13-23(21)29)22(17-30)27(33-16-15-19-9-5-8-14-24(19)33)31-28(25)34(32-18)20-10-3-2-4-11-20/h2-16H,1H3. The summed E-state index contributed by atoms with van der Waals surface area (Å²) in [5, 5.41) is 16.8. The molecular weight excluding hydrogens is 425 g/mol. The first-order chi connectivity index (χ1) is 16.7. The van der Waals surface area contributed by atoms with Gasteiger partial charge in [-0.2, -0.15) is 10.4 Å². The maximum absolute atomic E-state index is 15.1. The molecule has 0 amide bonds. The Morgan fingerprint density at radius 2 is 1.62 bits per heavy atom. The van der Waals surface area contributed by atoms with Gasteiger partial charge in [0.1, 0.15) is 17.4 Å². The highest BCUT2D eigenvalue weighted by Gasteiger charge is 2.25. The van der Waals surface area contributed by atoms with Gasteiger partial charge in [-0.15, -0.1) is 0 Å². The van der Waals surface area contributed by atoms with Gasteiger partial charge in [-0.1, -0.05) is 54.6 Å². The molecule has 0 saturated heterocycles. The van der Waals surface area contributed by atoms with Crippen molar-refractivity contribution in [2.24, 2.45) is 0 Å². The quantitative estimate of drug-likeness (QED) is 0.320. The molecule has 34 heavy (non-hydrogen) atoms. The van der Waals surface area contributed by atoms with Crippen LogP contribution in [-0.4, -0.2) is 19.3 Å². The normalized spacial score (nSPS) is 11.2. The molecule has 0 unspecified atom stereocenters. The van der Waals surface area contributed by atoms with Crippen LogP contribution in [0.5, 0.6) is 0 Å². The van der Waals surface area contributed by atoms with Gasteiger partial charge in [-0.05, 0) is 42.6 Å². The predicted molar refractivity (Wildman–Crippen MR) is 131 cm³/mol. The maximum atomic E-state index is 15.1. The minimum Gasteiger partial charge on any atom is -0.300 e. The summed E-state index contributed by atoms with van der Waals surface area (Å²) in [6.45, 7) is 1.86. The van der Waals surface area contributed by atoms with Crippen LogP contribution < -0.4 is 0 Å². The Balaban J connectivity index is 1.81. The molecule has 3 aromatic heterocycles. The molecule has 0 spiro atoms. The van der Waals surface area contributed by atoms with Crippen LogP contribution >= 0.6 is 0 Å². The Labute approximate surface area is 195 Å². The van der Waals surface area contributed by atoms with E-state index in [-0.39, 0.29) is 0 Å². The number of aromatic nitrogens is 4. The van der Waals surface area contributed by atoms with Crippen LogP contribution in [0, 0.1) is 24.1 Å². The molecule has 0 N–H and O–H groups in total. The zero-order valence-electron chi connectivity index (χ0n) is 18.3.